The number of hydrogen-bond donors (Lipinski definition) is 0. The van der Waals surface area contributed by atoms with Crippen molar-refractivity contribution in [1.82, 2.24) is 0 Å². The summed E-state index contributed by atoms with van der Waals surface area (Å²) in [5, 5.41) is 1.73. The van der Waals surface area contributed by atoms with Gasteiger partial charge in [0.05, 0.1) is 0 Å². The first kappa shape index (κ1) is 16.4. The number of hydrogen-bond acceptors (Lipinski definition) is 1. The van der Waals surface area contributed by atoms with Gasteiger partial charge in [-0.3, -0.25) is 4.57 Å². The molecule has 0 aromatic heterocycles. The predicted molar refractivity (Wildman–Crippen MR) is 108 cm³/mol. The molecule has 4 bridgehead atoms. The van der Waals surface area contributed by atoms with Gasteiger partial charge in [0.25, 0.3) is 0 Å². The lowest BCUT2D eigenvalue weighted by atomic mass is 9.50. The molecule has 0 amide bonds. The van der Waals surface area contributed by atoms with Gasteiger partial charge in [-0.2, -0.15) is 0 Å². The van der Waals surface area contributed by atoms with Gasteiger partial charge >= 0.3 is 0 Å². The highest BCUT2D eigenvalue weighted by Crippen LogP contribution is 2.60. The Morgan fingerprint density at radius 3 is 1.58 bits per heavy atom. The smallest absolute Gasteiger partial charge is 0.210 e. The molecular weight excluding hydrogens is 335 g/mol. The normalized spacial score (nSPS) is 32.1. The first-order chi connectivity index (χ1) is 12.7. The summed E-state index contributed by atoms with van der Waals surface area (Å²) >= 11 is 0. The monoisotopic (exact) mass is 360 g/mol. The van der Waals surface area contributed by atoms with Crippen molar-refractivity contribution in [2.45, 2.75) is 38.5 Å². The van der Waals surface area contributed by atoms with E-state index < -0.39 is 7.14 Å². The molecule has 0 saturated heterocycles. The Labute approximate surface area is 156 Å². The minimum atomic E-state index is -2.91. The Balaban J connectivity index is 1.58. The molecule has 2 aromatic carbocycles. The van der Waals surface area contributed by atoms with Crippen LogP contribution in [0.15, 0.2) is 60.7 Å². The molecule has 0 radical (unpaired) electrons. The molecule has 132 valence electrons. The second kappa shape index (κ2) is 6.14. The van der Waals surface area contributed by atoms with Crippen LogP contribution in [0.2, 0.25) is 0 Å². The molecule has 4 aliphatic rings. The van der Waals surface area contributed by atoms with Gasteiger partial charge < -0.3 is 0 Å². The van der Waals surface area contributed by atoms with E-state index >= 15 is 0 Å². The predicted octanol–water partition coefficient (Wildman–Crippen LogP) is 5.18. The summed E-state index contributed by atoms with van der Waals surface area (Å²) in [6.45, 7) is 0. The van der Waals surface area contributed by atoms with E-state index in [0.29, 0.717) is 0 Å². The Kier molecular flexibility index (Phi) is 3.88. The maximum atomic E-state index is 14.1. The van der Waals surface area contributed by atoms with E-state index in [1.165, 1.54) is 38.5 Å². The van der Waals surface area contributed by atoms with Crippen molar-refractivity contribution in [2.75, 3.05) is 0 Å². The third-order valence-corrected chi connectivity index (χ3v) is 9.23. The van der Waals surface area contributed by atoms with Crippen molar-refractivity contribution in [1.29, 1.82) is 0 Å². The quantitative estimate of drug-likeness (QED) is 0.533. The van der Waals surface area contributed by atoms with Gasteiger partial charge in [-0.1, -0.05) is 66.6 Å². The van der Waals surface area contributed by atoms with Crippen molar-refractivity contribution >= 4 is 17.8 Å². The van der Waals surface area contributed by atoms with Gasteiger partial charge in [-0.25, -0.2) is 0 Å². The minimum absolute atomic E-state index is 0.133. The fraction of sp³-hybridized carbons (Fsp3) is 0.417. The lowest BCUT2D eigenvalue weighted by Gasteiger charge is -2.54. The van der Waals surface area contributed by atoms with E-state index in [1.54, 1.807) is 0 Å². The van der Waals surface area contributed by atoms with Crippen LogP contribution < -0.4 is 10.6 Å². The van der Waals surface area contributed by atoms with Gasteiger partial charge in [0.1, 0.15) is 0 Å². The fourth-order valence-corrected chi connectivity index (χ4v) is 8.15. The fourth-order valence-electron chi connectivity index (χ4n) is 6.02. The molecule has 0 aliphatic heterocycles. The van der Waals surface area contributed by atoms with Crippen LogP contribution in [0.4, 0.5) is 0 Å². The summed E-state index contributed by atoms with van der Waals surface area (Å²) in [5.74, 6) is 6.24. The molecule has 0 spiro atoms. The number of rotatable bonds is 2. The van der Waals surface area contributed by atoms with Crippen LogP contribution in [-0.4, -0.2) is 0 Å². The topological polar surface area (TPSA) is 17.1 Å². The van der Waals surface area contributed by atoms with Gasteiger partial charge in [-0.15, -0.1) is 0 Å². The van der Waals surface area contributed by atoms with E-state index in [0.717, 1.165) is 28.4 Å². The van der Waals surface area contributed by atoms with Crippen LogP contribution in [0.1, 0.15) is 38.5 Å². The summed E-state index contributed by atoms with van der Waals surface area (Å²) in [7, 11) is -2.91. The third-order valence-electron chi connectivity index (χ3n) is 6.76. The lowest BCUT2D eigenvalue weighted by molar-refractivity contribution is -0.0181. The van der Waals surface area contributed by atoms with Crippen LogP contribution in [0.5, 0.6) is 0 Å². The van der Waals surface area contributed by atoms with Gasteiger partial charge in [-0.05, 0) is 61.9 Å². The molecule has 0 N–H and O–H groups in total. The minimum Gasteiger partial charge on any atom is -0.300 e. The Morgan fingerprint density at radius 2 is 1.15 bits per heavy atom. The standard InChI is InChI=1S/C24H25OP/c25-26(22-7-3-1-4-8-22,23-9-5-2-6-10-23)12-11-24-16-19-13-20(17-24)15-21(14-19)18-24/h1-10,19-21H,13-18H2. The van der Waals surface area contributed by atoms with E-state index in [4.69, 9.17) is 0 Å². The van der Waals surface area contributed by atoms with Crippen molar-refractivity contribution in [3.63, 3.8) is 0 Å². The molecule has 1 nitrogen and oxygen atoms in total. The van der Waals surface area contributed by atoms with Gasteiger partial charge in [0, 0.05) is 16.0 Å². The summed E-state index contributed by atoms with van der Waals surface area (Å²) < 4.78 is 14.1. The zero-order chi connectivity index (χ0) is 17.6. The molecule has 6 rings (SSSR count). The SMILES string of the molecule is O=P(C#CC12CC3CC(CC(C3)C1)C2)(c1ccccc1)c1ccccc1. The van der Waals surface area contributed by atoms with E-state index in [1.807, 2.05) is 60.7 Å². The van der Waals surface area contributed by atoms with Crippen molar-refractivity contribution in [2.24, 2.45) is 23.2 Å². The van der Waals surface area contributed by atoms with Gasteiger partial charge in [0.15, 0.2) is 0 Å². The summed E-state index contributed by atoms with van der Waals surface area (Å²) in [5.41, 5.74) is 3.52. The molecule has 0 atom stereocenters. The summed E-state index contributed by atoms with van der Waals surface area (Å²) in [6, 6.07) is 19.7. The lowest BCUT2D eigenvalue weighted by Crippen LogP contribution is -2.45. The second-order valence-electron chi connectivity index (χ2n) is 8.72. The molecule has 2 heteroatoms. The highest BCUT2D eigenvalue weighted by molar-refractivity contribution is 7.83. The summed E-state index contributed by atoms with van der Waals surface area (Å²) in [6.07, 6.45) is 7.93. The Bertz CT molecular complexity index is 825. The Morgan fingerprint density at radius 1 is 0.731 bits per heavy atom. The molecular formula is C24H25OP. The molecule has 4 saturated carbocycles. The maximum absolute atomic E-state index is 14.1. The third kappa shape index (κ3) is 2.76. The molecule has 0 heterocycles. The molecule has 26 heavy (non-hydrogen) atoms. The van der Waals surface area contributed by atoms with E-state index in [2.05, 4.69) is 11.6 Å². The summed E-state index contributed by atoms with van der Waals surface area (Å²) in [4.78, 5) is 0. The van der Waals surface area contributed by atoms with Crippen molar-refractivity contribution < 1.29 is 4.57 Å². The number of benzene rings is 2. The van der Waals surface area contributed by atoms with Crippen LogP contribution >= 0.6 is 7.14 Å². The molecule has 4 aliphatic carbocycles. The zero-order valence-electron chi connectivity index (χ0n) is 15.1. The van der Waals surface area contributed by atoms with E-state index in [9.17, 15) is 4.57 Å². The molecule has 4 fully saturated rings. The first-order valence-electron chi connectivity index (χ1n) is 9.91. The first-order valence-corrected chi connectivity index (χ1v) is 11.6. The maximum Gasteiger partial charge on any atom is 0.210 e. The van der Waals surface area contributed by atoms with Crippen LogP contribution in [-0.2, 0) is 4.57 Å². The second-order valence-corrected chi connectivity index (χ2v) is 11.2. The average Bonchev–Trinajstić information content (AvgIpc) is 2.67. The van der Waals surface area contributed by atoms with Crippen molar-refractivity contribution in [3.05, 3.63) is 60.7 Å². The van der Waals surface area contributed by atoms with E-state index in [-0.39, 0.29) is 5.41 Å². The Hall–Kier alpha value is -1.77. The van der Waals surface area contributed by atoms with Crippen LogP contribution in [0.25, 0.3) is 0 Å². The zero-order valence-corrected chi connectivity index (χ0v) is 16.0. The van der Waals surface area contributed by atoms with Crippen molar-refractivity contribution in [3.8, 4) is 11.6 Å². The molecule has 2 aromatic rings. The average molecular weight is 360 g/mol. The highest BCUT2D eigenvalue weighted by Gasteiger charge is 2.50. The van der Waals surface area contributed by atoms with Crippen LogP contribution in [0.3, 0.4) is 0 Å². The van der Waals surface area contributed by atoms with Gasteiger partial charge in [0.2, 0.25) is 7.14 Å². The largest absolute Gasteiger partial charge is 0.300 e. The highest BCUT2D eigenvalue weighted by atomic mass is 31.2. The molecule has 0 unspecified atom stereocenters. The van der Waals surface area contributed by atoms with Crippen LogP contribution in [0, 0.1) is 34.8 Å².